The highest BCUT2D eigenvalue weighted by atomic mass is 14.1. The first-order chi connectivity index (χ1) is 10.3. The van der Waals surface area contributed by atoms with Crippen LogP contribution in [-0.2, 0) is 0 Å². The Labute approximate surface area is 127 Å². The molecule has 0 heteroatoms. The molecule has 1 aliphatic rings. The number of allylic oxidation sites excluding steroid dienone is 6. The molecule has 3 rings (SSSR count). The molecule has 2 aromatic carbocycles. The van der Waals surface area contributed by atoms with Gasteiger partial charge in [-0.25, -0.2) is 0 Å². The first-order valence-electron chi connectivity index (χ1n) is 7.30. The van der Waals surface area contributed by atoms with E-state index < -0.39 is 0 Å². The topological polar surface area (TPSA) is 0 Å². The van der Waals surface area contributed by atoms with E-state index in [1.165, 1.54) is 16.7 Å². The molecule has 0 fully saturated rings. The van der Waals surface area contributed by atoms with E-state index in [1.807, 2.05) is 12.1 Å². The lowest BCUT2D eigenvalue weighted by Gasteiger charge is -2.12. The van der Waals surface area contributed by atoms with Crippen LogP contribution in [0.5, 0.6) is 0 Å². The zero-order valence-electron chi connectivity index (χ0n) is 12.2. The predicted molar refractivity (Wildman–Crippen MR) is 89.5 cm³/mol. The first-order valence-corrected chi connectivity index (χ1v) is 7.30. The molecular weight excluding hydrogens is 252 g/mol. The zero-order valence-corrected chi connectivity index (χ0v) is 12.2. The summed E-state index contributed by atoms with van der Waals surface area (Å²) in [5, 5.41) is 0. The summed E-state index contributed by atoms with van der Waals surface area (Å²) in [5.41, 5.74) is 4.93. The number of benzene rings is 2. The van der Waals surface area contributed by atoms with Gasteiger partial charge in [0.05, 0.1) is 0 Å². The molecule has 1 aliphatic carbocycles. The Morgan fingerprint density at radius 2 is 1.52 bits per heavy atom. The van der Waals surface area contributed by atoms with Crippen LogP contribution in [0, 0.1) is 12.5 Å². The maximum Gasteiger partial charge on any atom is 0.0354 e. The molecule has 0 bridgehead atoms. The Bertz CT molecular complexity index is 672. The van der Waals surface area contributed by atoms with Crippen molar-refractivity contribution in [3.63, 3.8) is 0 Å². The van der Waals surface area contributed by atoms with Gasteiger partial charge in [0.15, 0.2) is 0 Å². The van der Waals surface area contributed by atoms with Crippen LogP contribution in [0.3, 0.4) is 0 Å². The van der Waals surface area contributed by atoms with Gasteiger partial charge in [0, 0.05) is 11.5 Å². The summed E-state index contributed by atoms with van der Waals surface area (Å²) < 4.78 is 0. The molecule has 0 saturated heterocycles. The Kier molecular flexibility index (Phi) is 4.00. The van der Waals surface area contributed by atoms with Crippen LogP contribution in [0.2, 0.25) is 0 Å². The third-order valence-corrected chi connectivity index (χ3v) is 3.67. The van der Waals surface area contributed by atoms with Gasteiger partial charge in [0.25, 0.3) is 0 Å². The third kappa shape index (κ3) is 3.31. The van der Waals surface area contributed by atoms with Gasteiger partial charge in [-0.15, -0.1) is 6.08 Å². The van der Waals surface area contributed by atoms with Crippen LogP contribution in [0.4, 0.5) is 0 Å². The molecular formula is C21H18. The van der Waals surface area contributed by atoms with Crippen molar-refractivity contribution in [2.45, 2.75) is 12.8 Å². The van der Waals surface area contributed by atoms with Crippen LogP contribution in [0.25, 0.3) is 5.57 Å². The average molecular weight is 270 g/mol. The van der Waals surface area contributed by atoms with Gasteiger partial charge in [0.1, 0.15) is 0 Å². The minimum absolute atomic E-state index is 0.300. The van der Waals surface area contributed by atoms with E-state index in [1.54, 1.807) is 0 Å². The number of rotatable bonds is 3. The monoisotopic (exact) mass is 270 g/mol. The van der Waals surface area contributed by atoms with Crippen molar-refractivity contribution < 1.29 is 0 Å². The maximum absolute atomic E-state index is 3.54. The van der Waals surface area contributed by atoms with Crippen LogP contribution in [-0.4, -0.2) is 0 Å². The van der Waals surface area contributed by atoms with Crippen molar-refractivity contribution in [2.75, 3.05) is 0 Å². The Morgan fingerprint density at radius 3 is 2.14 bits per heavy atom. The van der Waals surface area contributed by atoms with E-state index in [4.69, 9.17) is 0 Å². The maximum atomic E-state index is 3.54. The molecule has 0 spiro atoms. The first kappa shape index (κ1) is 13.4. The fourth-order valence-electron chi connectivity index (χ4n) is 2.46. The Hall–Kier alpha value is -2.56. The molecule has 2 aromatic rings. The normalized spacial score (nSPS) is 16.8. The van der Waals surface area contributed by atoms with Gasteiger partial charge in [0.2, 0.25) is 0 Å². The van der Waals surface area contributed by atoms with E-state index in [0.717, 1.165) is 5.57 Å². The predicted octanol–water partition coefficient (Wildman–Crippen LogP) is 5.38. The molecule has 0 saturated carbocycles. The fourth-order valence-corrected chi connectivity index (χ4v) is 2.46. The number of hydrogen-bond donors (Lipinski definition) is 0. The second kappa shape index (κ2) is 6.26. The smallest absolute Gasteiger partial charge is 0.0354 e. The second-order valence-corrected chi connectivity index (χ2v) is 5.22. The van der Waals surface area contributed by atoms with Crippen molar-refractivity contribution in [1.82, 2.24) is 0 Å². The second-order valence-electron chi connectivity index (χ2n) is 5.22. The fraction of sp³-hybridized carbons (Fsp3) is 0.0952. The average Bonchev–Trinajstić information content (AvgIpc) is 2.57. The molecule has 0 amide bonds. The molecule has 1 unspecified atom stereocenters. The van der Waals surface area contributed by atoms with Crippen molar-refractivity contribution in [3.8, 4) is 0 Å². The van der Waals surface area contributed by atoms with Crippen LogP contribution < -0.4 is 0 Å². The molecule has 0 aromatic heterocycles. The standard InChI is InChI=1S/C21H18/c1-17(19-8-4-2-5-9-19)16-18-12-14-21(15-13-18)20-10-6-3-7-11-20/h2-15,17H,1H3. The van der Waals surface area contributed by atoms with E-state index in [0.29, 0.717) is 5.92 Å². The van der Waals surface area contributed by atoms with E-state index in [-0.39, 0.29) is 0 Å². The van der Waals surface area contributed by atoms with Gasteiger partial charge in [-0.2, -0.15) is 0 Å². The molecule has 21 heavy (non-hydrogen) atoms. The molecule has 1 atom stereocenters. The van der Waals surface area contributed by atoms with Crippen LogP contribution in [0.15, 0.2) is 84.5 Å². The van der Waals surface area contributed by atoms with Crippen molar-refractivity contribution in [1.29, 1.82) is 0 Å². The molecule has 0 nitrogen and oxygen atoms in total. The molecule has 0 aliphatic heterocycles. The van der Waals surface area contributed by atoms with Crippen LogP contribution >= 0.6 is 0 Å². The van der Waals surface area contributed by atoms with E-state index in [2.05, 4.69) is 86.2 Å². The molecule has 0 heterocycles. The summed E-state index contributed by atoms with van der Waals surface area (Å²) in [5.74, 6) is 0.300. The van der Waals surface area contributed by atoms with Gasteiger partial charge < -0.3 is 0 Å². The molecule has 0 radical (unpaired) electrons. The lowest BCUT2D eigenvalue weighted by atomic mass is 9.93. The summed E-state index contributed by atoms with van der Waals surface area (Å²) in [6.07, 6.45) is 12.1. The lowest BCUT2D eigenvalue weighted by Crippen LogP contribution is -1.94. The van der Waals surface area contributed by atoms with Crippen molar-refractivity contribution in [3.05, 3.63) is 108 Å². The largest absolute Gasteiger partial charge is 0.133 e. The lowest BCUT2D eigenvalue weighted by molar-refractivity contribution is 0.931. The van der Waals surface area contributed by atoms with Gasteiger partial charge >= 0.3 is 0 Å². The van der Waals surface area contributed by atoms with Gasteiger partial charge in [-0.3, -0.25) is 0 Å². The molecule has 102 valence electrons. The minimum atomic E-state index is 0.300. The minimum Gasteiger partial charge on any atom is -0.133 e. The SMILES string of the molecule is CC([C+]=C1C=CC(c2ccccc2)=C[CH-]1)c1ccccc1. The summed E-state index contributed by atoms with van der Waals surface area (Å²) in [4.78, 5) is 0. The van der Waals surface area contributed by atoms with Crippen LogP contribution in [0.1, 0.15) is 24.0 Å². The summed E-state index contributed by atoms with van der Waals surface area (Å²) in [7, 11) is 0. The third-order valence-electron chi connectivity index (χ3n) is 3.67. The van der Waals surface area contributed by atoms with E-state index in [9.17, 15) is 0 Å². The van der Waals surface area contributed by atoms with Crippen molar-refractivity contribution >= 4 is 5.57 Å². The molecule has 0 N–H and O–H groups in total. The van der Waals surface area contributed by atoms with Gasteiger partial charge in [-0.05, 0) is 36.1 Å². The highest BCUT2D eigenvalue weighted by molar-refractivity contribution is 5.78. The van der Waals surface area contributed by atoms with Crippen molar-refractivity contribution in [2.24, 2.45) is 0 Å². The Balaban J connectivity index is 1.73. The zero-order chi connectivity index (χ0) is 14.5. The highest BCUT2D eigenvalue weighted by Crippen LogP contribution is 2.25. The summed E-state index contributed by atoms with van der Waals surface area (Å²) in [6, 6.07) is 20.9. The number of hydrogen-bond acceptors (Lipinski definition) is 0. The summed E-state index contributed by atoms with van der Waals surface area (Å²) >= 11 is 0. The highest BCUT2D eigenvalue weighted by Gasteiger charge is 2.07. The summed E-state index contributed by atoms with van der Waals surface area (Å²) in [6.45, 7) is 2.18. The Morgan fingerprint density at radius 1 is 0.857 bits per heavy atom. The van der Waals surface area contributed by atoms with E-state index >= 15 is 0 Å². The van der Waals surface area contributed by atoms with Gasteiger partial charge in [-0.1, -0.05) is 72.8 Å². The quantitative estimate of drug-likeness (QED) is 0.657.